The van der Waals surface area contributed by atoms with Crippen LogP contribution in [0.5, 0.6) is 0 Å². The number of carbonyl (C=O) groups is 1. The molecule has 2 nitrogen and oxygen atoms in total. The van der Waals surface area contributed by atoms with Crippen LogP contribution in [0.25, 0.3) is 0 Å². The van der Waals surface area contributed by atoms with Crippen LogP contribution in [0.3, 0.4) is 0 Å². The fourth-order valence-electron chi connectivity index (χ4n) is 0. The van der Waals surface area contributed by atoms with E-state index in [4.69, 9.17) is 5.11 Å². The molecular weight excluding hydrogens is 116 g/mol. The number of hydrogen-bond acceptors (Lipinski definition) is 1. The van der Waals surface area contributed by atoms with Gasteiger partial charge in [-0.15, -0.1) is 6.58 Å². The lowest BCUT2D eigenvalue weighted by atomic mass is 10.4. The maximum Gasteiger partial charge on any atom is 0.327 e. The molecule has 0 spiro atoms. The molecule has 0 rings (SSSR count). The third kappa shape index (κ3) is 189. The quantitative estimate of drug-likeness (QED) is 0.432. The highest BCUT2D eigenvalue weighted by molar-refractivity contribution is 5.78. The van der Waals surface area contributed by atoms with Crippen molar-refractivity contribution in [3.63, 3.8) is 0 Å². The lowest BCUT2D eigenvalue weighted by Crippen LogP contribution is -1.82. The molecule has 0 fully saturated rings. The maximum absolute atomic E-state index is 9.25. The van der Waals surface area contributed by atoms with Crippen LogP contribution in [0.4, 0.5) is 0 Å². The smallest absolute Gasteiger partial charge is 0.327 e. The predicted octanol–water partition coefficient (Wildman–Crippen LogP) is 1.84. The Morgan fingerprint density at radius 2 is 1.67 bits per heavy atom. The summed E-state index contributed by atoms with van der Waals surface area (Å²) >= 11 is 0. The second-order valence-corrected chi connectivity index (χ2v) is 1.75. The van der Waals surface area contributed by atoms with Crippen LogP contribution in [-0.4, -0.2) is 11.1 Å². The van der Waals surface area contributed by atoms with Crippen molar-refractivity contribution in [3.8, 4) is 0 Å². The number of aliphatic carboxylic acids is 1. The van der Waals surface area contributed by atoms with E-state index in [0.717, 1.165) is 6.08 Å². The molecule has 0 saturated heterocycles. The minimum Gasteiger partial charge on any atom is -0.478 e. The van der Waals surface area contributed by atoms with Crippen LogP contribution in [-0.2, 0) is 4.79 Å². The van der Waals surface area contributed by atoms with E-state index in [1.54, 1.807) is 0 Å². The van der Waals surface area contributed by atoms with Gasteiger partial charge in [-0.3, -0.25) is 0 Å². The molecule has 0 bridgehead atoms. The third-order valence-electron chi connectivity index (χ3n) is 0.175. The lowest BCUT2D eigenvalue weighted by Gasteiger charge is -1.65. The summed E-state index contributed by atoms with van der Waals surface area (Å²) in [4.78, 5) is 9.25. The Morgan fingerprint density at radius 1 is 1.56 bits per heavy atom. The number of hydrogen-bond donors (Lipinski definition) is 1. The first-order valence-corrected chi connectivity index (χ1v) is 2.48. The molecule has 0 aliphatic carbocycles. The molecule has 52 valence electrons. The Kier molecular flexibility index (Phi) is 8.38. The Bertz CT molecular complexity index is 110. The van der Waals surface area contributed by atoms with Crippen molar-refractivity contribution in [2.45, 2.75) is 13.8 Å². The molecule has 2 heteroatoms. The Morgan fingerprint density at radius 3 is 1.67 bits per heavy atom. The van der Waals surface area contributed by atoms with Crippen molar-refractivity contribution in [3.05, 3.63) is 24.8 Å². The molecule has 0 aromatic heterocycles. The summed E-state index contributed by atoms with van der Waals surface area (Å²) in [5.74, 6) is -0.981. The molecule has 0 aliphatic rings. The van der Waals surface area contributed by atoms with E-state index < -0.39 is 5.97 Å². The van der Waals surface area contributed by atoms with E-state index in [1.165, 1.54) is 5.57 Å². The van der Waals surface area contributed by atoms with Gasteiger partial charge in [-0.2, -0.15) is 0 Å². The van der Waals surface area contributed by atoms with Gasteiger partial charge in [0.15, 0.2) is 0 Å². The Labute approximate surface area is 55.5 Å². The predicted molar refractivity (Wildman–Crippen MR) is 38.3 cm³/mol. The summed E-state index contributed by atoms with van der Waals surface area (Å²) < 4.78 is 0. The van der Waals surface area contributed by atoms with Crippen molar-refractivity contribution in [2.24, 2.45) is 0 Å². The monoisotopic (exact) mass is 128 g/mol. The highest BCUT2D eigenvalue weighted by Gasteiger charge is 1.73. The SMILES string of the molecule is C=C(C)C.C=CC(=O)O. The van der Waals surface area contributed by atoms with Gasteiger partial charge in [0.25, 0.3) is 0 Å². The van der Waals surface area contributed by atoms with Gasteiger partial charge in [-0.1, -0.05) is 12.2 Å². The van der Waals surface area contributed by atoms with Gasteiger partial charge in [0.05, 0.1) is 0 Å². The highest BCUT2D eigenvalue weighted by atomic mass is 16.4. The first kappa shape index (κ1) is 10.8. The van der Waals surface area contributed by atoms with Crippen LogP contribution < -0.4 is 0 Å². The minimum atomic E-state index is -0.981. The van der Waals surface area contributed by atoms with Crippen LogP contribution >= 0.6 is 0 Å². The van der Waals surface area contributed by atoms with Crippen molar-refractivity contribution in [1.29, 1.82) is 0 Å². The van der Waals surface area contributed by atoms with E-state index in [0.29, 0.717) is 0 Å². The average Bonchev–Trinajstić information content (AvgIpc) is 1.65. The molecule has 0 saturated carbocycles. The average molecular weight is 128 g/mol. The zero-order chi connectivity index (χ0) is 7.86. The fraction of sp³-hybridized carbons (Fsp3) is 0.286. The molecule has 0 atom stereocenters. The molecular formula is C7H12O2. The van der Waals surface area contributed by atoms with Crippen LogP contribution in [0.15, 0.2) is 24.8 Å². The van der Waals surface area contributed by atoms with Gasteiger partial charge in [0.2, 0.25) is 0 Å². The standard InChI is InChI=1S/C4H8.C3H4O2/c1-4(2)3;1-2-3(4)5/h1H2,2-3H3;2H,1H2,(H,4,5). The lowest BCUT2D eigenvalue weighted by molar-refractivity contribution is -0.131. The first-order valence-electron chi connectivity index (χ1n) is 2.48. The largest absolute Gasteiger partial charge is 0.478 e. The fourth-order valence-corrected chi connectivity index (χ4v) is 0. The van der Waals surface area contributed by atoms with E-state index in [9.17, 15) is 4.79 Å². The molecule has 0 heterocycles. The van der Waals surface area contributed by atoms with E-state index in [1.807, 2.05) is 13.8 Å². The maximum atomic E-state index is 9.25. The first-order chi connectivity index (χ1) is 4.00. The van der Waals surface area contributed by atoms with E-state index in [2.05, 4.69) is 13.2 Å². The Hall–Kier alpha value is -1.05. The molecule has 0 unspecified atom stereocenters. The summed E-state index contributed by atoms with van der Waals surface area (Å²) in [6.45, 7) is 10.5. The second kappa shape index (κ2) is 6.95. The van der Waals surface area contributed by atoms with E-state index in [-0.39, 0.29) is 0 Å². The minimum absolute atomic E-state index is 0.833. The van der Waals surface area contributed by atoms with Crippen molar-refractivity contribution in [1.82, 2.24) is 0 Å². The van der Waals surface area contributed by atoms with Gasteiger partial charge in [0.1, 0.15) is 0 Å². The zero-order valence-electron chi connectivity index (χ0n) is 5.85. The summed E-state index contributed by atoms with van der Waals surface area (Å²) in [5, 5.41) is 7.60. The number of allylic oxidation sites excluding steroid dienone is 1. The number of carboxylic acids is 1. The second-order valence-electron chi connectivity index (χ2n) is 1.75. The Balaban J connectivity index is 0. The van der Waals surface area contributed by atoms with Gasteiger partial charge in [0, 0.05) is 6.08 Å². The number of rotatable bonds is 1. The number of carboxylic acid groups (broad SMARTS) is 1. The molecule has 0 aromatic carbocycles. The van der Waals surface area contributed by atoms with E-state index >= 15 is 0 Å². The molecule has 1 N–H and O–H groups in total. The zero-order valence-corrected chi connectivity index (χ0v) is 5.85. The van der Waals surface area contributed by atoms with Crippen LogP contribution in [0, 0.1) is 0 Å². The summed E-state index contributed by atoms with van der Waals surface area (Å²) in [6, 6.07) is 0. The highest BCUT2D eigenvalue weighted by Crippen LogP contribution is 1.73. The summed E-state index contributed by atoms with van der Waals surface area (Å²) in [5.41, 5.74) is 1.17. The van der Waals surface area contributed by atoms with Crippen molar-refractivity contribution < 1.29 is 9.90 Å². The summed E-state index contributed by atoms with van der Waals surface area (Å²) in [6.07, 6.45) is 0.833. The van der Waals surface area contributed by atoms with Crippen molar-refractivity contribution in [2.75, 3.05) is 0 Å². The van der Waals surface area contributed by atoms with Gasteiger partial charge in [-0.25, -0.2) is 4.79 Å². The topological polar surface area (TPSA) is 37.3 Å². The van der Waals surface area contributed by atoms with Gasteiger partial charge >= 0.3 is 5.97 Å². The molecule has 0 aliphatic heterocycles. The van der Waals surface area contributed by atoms with Crippen LogP contribution in [0.2, 0.25) is 0 Å². The van der Waals surface area contributed by atoms with Gasteiger partial charge < -0.3 is 5.11 Å². The molecule has 9 heavy (non-hydrogen) atoms. The normalized spacial score (nSPS) is 6.44. The molecule has 0 radical (unpaired) electrons. The molecule has 0 amide bonds. The molecule has 0 aromatic rings. The van der Waals surface area contributed by atoms with Gasteiger partial charge in [-0.05, 0) is 13.8 Å². The van der Waals surface area contributed by atoms with Crippen LogP contribution in [0.1, 0.15) is 13.8 Å². The third-order valence-corrected chi connectivity index (χ3v) is 0.175. The summed E-state index contributed by atoms with van der Waals surface area (Å²) in [7, 11) is 0. The van der Waals surface area contributed by atoms with Crippen molar-refractivity contribution >= 4 is 5.97 Å².